The summed E-state index contributed by atoms with van der Waals surface area (Å²) in [6, 6.07) is 7.41. The van der Waals surface area contributed by atoms with E-state index < -0.39 is 0 Å². The van der Waals surface area contributed by atoms with Gasteiger partial charge in [-0.1, -0.05) is 18.7 Å². The molecule has 0 amide bonds. The first kappa shape index (κ1) is 22.9. The first-order chi connectivity index (χ1) is 16.4. The summed E-state index contributed by atoms with van der Waals surface area (Å²) in [6.07, 6.45) is 3.13. The van der Waals surface area contributed by atoms with Crippen LogP contribution in [0.3, 0.4) is 0 Å². The lowest BCUT2D eigenvalue weighted by Gasteiger charge is -2.17. The van der Waals surface area contributed by atoms with E-state index in [2.05, 4.69) is 22.1 Å². The maximum absolute atomic E-state index is 12.9. The molecule has 0 spiro atoms. The normalized spacial score (nSPS) is 16.4. The SMILES string of the molecule is COc1ccc(OCc2nnc(S[C@H](C)c3nc4sc5c(c4c(=O)[nH]3)CC[C@@H](C)C5)n2C)cc1. The molecule has 1 aliphatic carbocycles. The summed E-state index contributed by atoms with van der Waals surface area (Å²) in [6.45, 7) is 4.59. The van der Waals surface area contributed by atoms with Crippen molar-refractivity contribution in [3.05, 3.63) is 56.7 Å². The van der Waals surface area contributed by atoms with Gasteiger partial charge < -0.3 is 19.0 Å². The van der Waals surface area contributed by atoms with Crippen molar-refractivity contribution < 1.29 is 9.47 Å². The highest BCUT2D eigenvalue weighted by Gasteiger charge is 2.24. The molecule has 4 aromatic rings. The minimum absolute atomic E-state index is 0.0361. The van der Waals surface area contributed by atoms with E-state index in [9.17, 15) is 4.79 Å². The fourth-order valence-electron chi connectivity index (χ4n) is 4.17. The first-order valence-corrected chi connectivity index (χ1v) is 13.0. The molecule has 34 heavy (non-hydrogen) atoms. The summed E-state index contributed by atoms with van der Waals surface area (Å²) in [7, 11) is 3.54. The third kappa shape index (κ3) is 4.44. The smallest absolute Gasteiger partial charge is 0.259 e. The fraction of sp³-hybridized carbons (Fsp3) is 0.417. The number of ether oxygens (including phenoxy) is 2. The third-order valence-electron chi connectivity index (χ3n) is 6.20. The number of aryl methyl sites for hydroxylation is 1. The van der Waals surface area contributed by atoms with Gasteiger partial charge in [0.05, 0.1) is 17.7 Å². The molecule has 1 N–H and O–H groups in total. The quantitative estimate of drug-likeness (QED) is 0.371. The Kier molecular flexibility index (Phi) is 6.35. The summed E-state index contributed by atoms with van der Waals surface area (Å²) in [5.74, 6) is 3.54. The van der Waals surface area contributed by atoms with Gasteiger partial charge in [-0.3, -0.25) is 4.79 Å². The molecule has 0 saturated heterocycles. The van der Waals surface area contributed by atoms with Crippen LogP contribution in [0.1, 0.15) is 47.6 Å². The zero-order chi connectivity index (χ0) is 23.8. The Morgan fingerprint density at radius 1 is 1.26 bits per heavy atom. The van der Waals surface area contributed by atoms with Gasteiger partial charge in [-0.15, -0.1) is 21.5 Å². The average molecular weight is 498 g/mol. The Balaban J connectivity index is 1.31. The van der Waals surface area contributed by atoms with E-state index in [1.807, 2.05) is 42.8 Å². The van der Waals surface area contributed by atoms with Gasteiger partial charge in [-0.25, -0.2) is 4.98 Å². The number of hydrogen-bond donors (Lipinski definition) is 1. The van der Waals surface area contributed by atoms with Crippen molar-refractivity contribution >= 4 is 33.3 Å². The summed E-state index contributed by atoms with van der Waals surface area (Å²) in [4.78, 5) is 23.0. The molecule has 8 nitrogen and oxygen atoms in total. The molecule has 1 aromatic carbocycles. The largest absolute Gasteiger partial charge is 0.497 e. The fourth-order valence-corrected chi connectivity index (χ4v) is 6.45. The van der Waals surface area contributed by atoms with E-state index in [1.165, 1.54) is 22.2 Å². The maximum atomic E-state index is 12.9. The Morgan fingerprint density at radius 3 is 2.79 bits per heavy atom. The minimum Gasteiger partial charge on any atom is -0.497 e. The van der Waals surface area contributed by atoms with Crippen LogP contribution >= 0.6 is 23.1 Å². The van der Waals surface area contributed by atoms with Crippen molar-refractivity contribution in [2.45, 2.75) is 50.1 Å². The number of thioether (sulfide) groups is 1. The van der Waals surface area contributed by atoms with E-state index >= 15 is 0 Å². The van der Waals surface area contributed by atoms with Gasteiger partial charge in [0.15, 0.2) is 11.0 Å². The van der Waals surface area contributed by atoms with Gasteiger partial charge in [0.25, 0.3) is 5.56 Å². The second-order valence-corrected chi connectivity index (χ2v) is 11.1. The molecule has 0 radical (unpaired) electrons. The summed E-state index contributed by atoms with van der Waals surface area (Å²) < 4.78 is 12.9. The third-order valence-corrected chi connectivity index (χ3v) is 8.49. The highest BCUT2D eigenvalue weighted by molar-refractivity contribution is 7.99. The number of benzene rings is 1. The Labute approximate surface area is 205 Å². The van der Waals surface area contributed by atoms with Gasteiger partial charge in [-0.2, -0.15) is 0 Å². The van der Waals surface area contributed by atoms with Crippen molar-refractivity contribution in [2.75, 3.05) is 7.11 Å². The highest BCUT2D eigenvalue weighted by Crippen LogP contribution is 2.37. The van der Waals surface area contributed by atoms with Crippen LogP contribution in [-0.4, -0.2) is 31.8 Å². The lowest BCUT2D eigenvalue weighted by atomic mass is 9.89. The van der Waals surface area contributed by atoms with E-state index in [0.717, 1.165) is 46.1 Å². The van der Waals surface area contributed by atoms with E-state index in [-0.39, 0.29) is 10.8 Å². The lowest BCUT2D eigenvalue weighted by molar-refractivity contribution is 0.290. The van der Waals surface area contributed by atoms with E-state index in [4.69, 9.17) is 14.5 Å². The van der Waals surface area contributed by atoms with Crippen LogP contribution in [0.5, 0.6) is 11.5 Å². The molecule has 5 rings (SSSR count). The summed E-state index contributed by atoms with van der Waals surface area (Å²) in [5, 5.41) is 10.0. The predicted octanol–water partition coefficient (Wildman–Crippen LogP) is 4.68. The Hall–Kier alpha value is -2.85. The molecule has 3 aromatic heterocycles. The van der Waals surface area contributed by atoms with Crippen molar-refractivity contribution in [2.24, 2.45) is 13.0 Å². The van der Waals surface area contributed by atoms with Crippen molar-refractivity contribution in [1.29, 1.82) is 0 Å². The molecule has 0 bridgehead atoms. The van der Waals surface area contributed by atoms with Gasteiger partial charge >= 0.3 is 0 Å². The Bertz CT molecular complexity index is 1380. The molecule has 2 atom stereocenters. The predicted molar refractivity (Wildman–Crippen MR) is 134 cm³/mol. The molecular formula is C24H27N5O3S2. The minimum atomic E-state index is -0.0894. The lowest BCUT2D eigenvalue weighted by Crippen LogP contribution is -2.15. The molecule has 0 fully saturated rings. The number of nitrogens with zero attached hydrogens (tertiary/aromatic N) is 4. The number of H-pyrrole nitrogens is 1. The molecular weight excluding hydrogens is 470 g/mol. The van der Waals surface area contributed by atoms with Crippen molar-refractivity contribution in [3.8, 4) is 11.5 Å². The number of fused-ring (bicyclic) bond motifs is 3. The number of aromatic amines is 1. The van der Waals surface area contributed by atoms with E-state index in [0.29, 0.717) is 24.2 Å². The van der Waals surface area contributed by atoms with Gasteiger partial charge in [0, 0.05) is 11.9 Å². The summed E-state index contributed by atoms with van der Waals surface area (Å²) >= 11 is 3.18. The molecule has 0 aliphatic heterocycles. The zero-order valence-corrected chi connectivity index (χ0v) is 21.3. The second-order valence-electron chi connectivity index (χ2n) is 8.67. The van der Waals surface area contributed by atoms with Crippen LogP contribution in [0.25, 0.3) is 10.2 Å². The monoisotopic (exact) mass is 497 g/mol. The van der Waals surface area contributed by atoms with Gasteiger partial charge in [0.1, 0.15) is 28.8 Å². The molecule has 3 heterocycles. The summed E-state index contributed by atoms with van der Waals surface area (Å²) in [5.41, 5.74) is 1.17. The van der Waals surface area contributed by atoms with Crippen LogP contribution < -0.4 is 15.0 Å². The number of methoxy groups -OCH3 is 1. The molecule has 1 aliphatic rings. The van der Waals surface area contributed by atoms with Crippen LogP contribution in [0, 0.1) is 5.92 Å². The number of hydrogen-bond acceptors (Lipinski definition) is 8. The number of nitrogens with one attached hydrogen (secondary N) is 1. The number of rotatable bonds is 7. The highest BCUT2D eigenvalue weighted by atomic mass is 32.2. The van der Waals surface area contributed by atoms with Gasteiger partial charge in [-0.05, 0) is 61.9 Å². The first-order valence-electron chi connectivity index (χ1n) is 11.3. The van der Waals surface area contributed by atoms with Crippen LogP contribution in [0.15, 0.2) is 34.2 Å². The second kappa shape index (κ2) is 9.42. The van der Waals surface area contributed by atoms with E-state index in [1.54, 1.807) is 18.4 Å². The molecule has 0 saturated carbocycles. The molecule has 10 heteroatoms. The van der Waals surface area contributed by atoms with Crippen LogP contribution in [0.2, 0.25) is 0 Å². The zero-order valence-electron chi connectivity index (χ0n) is 19.6. The maximum Gasteiger partial charge on any atom is 0.259 e. The van der Waals surface area contributed by atoms with Crippen LogP contribution in [-0.2, 0) is 26.5 Å². The average Bonchev–Trinajstić information content (AvgIpc) is 3.37. The molecule has 0 unspecified atom stereocenters. The number of aromatic nitrogens is 5. The standard InChI is InChI=1S/C24H27N5O3S2/c1-13-5-10-17-18(11-13)34-23-20(17)22(30)25-21(26-23)14(2)33-24-28-27-19(29(24)3)12-32-16-8-6-15(31-4)7-9-16/h6-9,13-14H,5,10-12H2,1-4H3,(H,25,26,30)/t13-,14-/m1/s1. The van der Waals surface area contributed by atoms with Crippen molar-refractivity contribution in [3.63, 3.8) is 0 Å². The van der Waals surface area contributed by atoms with Crippen LogP contribution in [0.4, 0.5) is 0 Å². The van der Waals surface area contributed by atoms with Crippen molar-refractivity contribution in [1.82, 2.24) is 24.7 Å². The number of thiophene rings is 1. The van der Waals surface area contributed by atoms with Gasteiger partial charge in [0.2, 0.25) is 0 Å². The topological polar surface area (TPSA) is 94.9 Å². The Morgan fingerprint density at radius 2 is 2.03 bits per heavy atom. The molecule has 178 valence electrons.